The van der Waals surface area contributed by atoms with E-state index in [-0.39, 0.29) is 48.1 Å². The zero-order chi connectivity index (χ0) is 42.7. The van der Waals surface area contributed by atoms with Crippen LogP contribution in [0.4, 0.5) is 0 Å². The van der Waals surface area contributed by atoms with Gasteiger partial charge < -0.3 is 24.8 Å². The van der Waals surface area contributed by atoms with E-state index in [1.165, 1.54) is 18.1 Å². The molecule has 1 unspecified atom stereocenters. The number of hydrogen-bond donors (Lipinski definition) is 3. The molecule has 8 aliphatic rings. The predicted octanol–water partition coefficient (Wildman–Crippen LogP) is 9.44. The molecular formula is C54H72O7. The van der Waals surface area contributed by atoms with Crippen LogP contribution in [-0.2, 0) is 25.5 Å². The molecule has 0 aromatic heterocycles. The first-order chi connectivity index (χ1) is 29.3. The van der Waals surface area contributed by atoms with Gasteiger partial charge in [0.15, 0.2) is 0 Å². The lowest BCUT2D eigenvalue weighted by Crippen LogP contribution is -2.80. The molecule has 3 heterocycles. The Balaban J connectivity index is 1.25. The average Bonchev–Trinajstić information content (AvgIpc) is 3.91. The lowest BCUT2D eigenvalue weighted by molar-refractivity contribution is -0.342. The van der Waals surface area contributed by atoms with Gasteiger partial charge in [-0.1, -0.05) is 107 Å². The molecule has 0 amide bonds. The van der Waals surface area contributed by atoms with Gasteiger partial charge in [0, 0.05) is 36.7 Å². The number of aryl methyl sites for hydroxylation is 1. The first-order valence-corrected chi connectivity index (χ1v) is 24.5. The summed E-state index contributed by atoms with van der Waals surface area (Å²) in [5.74, 6) is 13.6. The Hall–Kier alpha value is -3.10. The monoisotopic (exact) mass is 833 g/mol. The standard InChI is InChI=1S/C54H72O7/c1-37(15-12-18-38-16-6-4-7-17-38)33-40-21-22-43-51(26-10-11-27-51)28-14-30-52(43)29-13-25-49(2)35-42(61-48(52)58)46-50(3,41-19-8-5-9-20-41)31-24-44(55)54(46,47(40)57)53(49,59)32-23-39-34-45(56)60-36-39/h4,6-7,16-17,34,37,40-44,46-47,55,57,59H,5,8-12,14-15,18-20,23-24,26-33,35-36H2,1-3H3/t37-,40-,42-,43-,44+,46?,47-,49-,50+,52-,53-,54+/m1/s1. The summed E-state index contributed by atoms with van der Waals surface area (Å²) in [5, 5.41) is 41.7. The van der Waals surface area contributed by atoms with Crippen LogP contribution >= 0.6 is 0 Å². The van der Waals surface area contributed by atoms with Crippen molar-refractivity contribution < 1.29 is 34.4 Å². The lowest BCUT2D eigenvalue weighted by atomic mass is 9.34. The van der Waals surface area contributed by atoms with Gasteiger partial charge in [0.1, 0.15) is 12.7 Å². The highest BCUT2D eigenvalue weighted by atomic mass is 16.5. The van der Waals surface area contributed by atoms with Crippen molar-refractivity contribution in [1.29, 1.82) is 0 Å². The third kappa shape index (κ3) is 6.97. The van der Waals surface area contributed by atoms with E-state index in [1.807, 2.05) is 6.92 Å². The smallest absolute Gasteiger partial charge is 0.331 e. The summed E-state index contributed by atoms with van der Waals surface area (Å²) < 4.78 is 12.6. The quantitative estimate of drug-likeness (QED) is 0.159. The van der Waals surface area contributed by atoms with Crippen molar-refractivity contribution >= 4 is 11.9 Å². The van der Waals surface area contributed by atoms with Gasteiger partial charge >= 0.3 is 11.9 Å². The van der Waals surface area contributed by atoms with Crippen molar-refractivity contribution in [3.63, 3.8) is 0 Å². The topological polar surface area (TPSA) is 113 Å². The van der Waals surface area contributed by atoms with Crippen molar-refractivity contribution in [1.82, 2.24) is 0 Å². The van der Waals surface area contributed by atoms with Crippen LogP contribution in [0.25, 0.3) is 0 Å². The highest BCUT2D eigenvalue weighted by molar-refractivity contribution is 5.85. The molecule has 7 nitrogen and oxygen atoms in total. The zero-order valence-corrected chi connectivity index (χ0v) is 37.3. The minimum Gasteiger partial charge on any atom is -0.461 e. The second kappa shape index (κ2) is 16.5. The number of hydrogen-bond acceptors (Lipinski definition) is 7. The maximum Gasteiger partial charge on any atom is 0.331 e. The second-order valence-corrected chi connectivity index (χ2v) is 22.1. The molecule has 5 aliphatic carbocycles. The van der Waals surface area contributed by atoms with Crippen LogP contribution in [-0.4, -0.2) is 57.8 Å². The number of fused-ring (bicyclic) bond motifs is 3. The van der Waals surface area contributed by atoms with E-state index >= 15 is 4.79 Å². The number of cyclic esters (lactones) is 1. The Labute approximate surface area is 365 Å². The minimum absolute atomic E-state index is 0.108. The molecule has 12 atom stereocenters. The van der Waals surface area contributed by atoms with Crippen LogP contribution in [0.5, 0.6) is 0 Å². The molecule has 5 saturated carbocycles. The summed E-state index contributed by atoms with van der Waals surface area (Å²) in [6.07, 6.45) is 16.8. The van der Waals surface area contributed by atoms with E-state index in [1.54, 1.807) is 0 Å². The Kier molecular flexibility index (Phi) is 11.7. The second-order valence-electron chi connectivity index (χ2n) is 22.1. The number of benzene rings is 1. The number of aliphatic hydroxyl groups is 3. The van der Waals surface area contributed by atoms with E-state index in [0.717, 1.165) is 95.5 Å². The van der Waals surface area contributed by atoms with Crippen LogP contribution in [0.2, 0.25) is 0 Å². The third-order valence-electron chi connectivity index (χ3n) is 18.9. The maximum absolute atomic E-state index is 15.7. The fourth-order valence-corrected chi connectivity index (χ4v) is 15.8. The molecule has 2 spiro atoms. The zero-order valence-electron chi connectivity index (χ0n) is 37.3. The highest BCUT2D eigenvalue weighted by Gasteiger charge is 2.79. The molecule has 9 rings (SSSR count). The van der Waals surface area contributed by atoms with Gasteiger partial charge in [0.2, 0.25) is 0 Å². The van der Waals surface area contributed by atoms with E-state index in [2.05, 4.69) is 67.9 Å². The molecule has 3 N–H and O–H groups in total. The Morgan fingerprint density at radius 3 is 2.38 bits per heavy atom. The van der Waals surface area contributed by atoms with Crippen LogP contribution in [0.3, 0.4) is 0 Å². The Bertz CT molecular complexity index is 1970. The average molecular weight is 833 g/mol. The molecule has 1 aromatic rings. The van der Waals surface area contributed by atoms with Crippen LogP contribution in [0.1, 0.15) is 161 Å². The summed E-state index contributed by atoms with van der Waals surface area (Å²) >= 11 is 0. The van der Waals surface area contributed by atoms with E-state index in [9.17, 15) is 20.1 Å². The lowest BCUT2D eigenvalue weighted by Gasteiger charge is -2.72. The number of rotatable bonds is 10. The Morgan fingerprint density at radius 1 is 0.885 bits per heavy atom. The number of carbonyl (C=O) groups excluding carboxylic acids is 2. The number of aliphatic hydroxyl groups excluding tert-OH is 2. The highest BCUT2D eigenvalue weighted by Crippen LogP contribution is 2.73. The summed E-state index contributed by atoms with van der Waals surface area (Å²) in [6.45, 7) is 6.81. The fourth-order valence-electron chi connectivity index (χ4n) is 15.8. The molecule has 7 heteroatoms. The van der Waals surface area contributed by atoms with Gasteiger partial charge in [-0.05, 0) is 124 Å². The van der Waals surface area contributed by atoms with E-state index < -0.39 is 57.4 Å². The molecule has 330 valence electrons. The van der Waals surface area contributed by atoms with Gasteiger partial charge in [-0.3, -0.25) is 4.79 Å². The summed E-state index contributed by atoms with van der Waals surface area (Å²) in [5.41, 5.74) is -3.82. The summed E-state index contributed by atoms with van der Waals surface area (Å²) in [6, 6.07) is 10.6. The SMILES string of the molecule is C[C@H](CCCc1ccccc1)C[C@H]1C#C[C@@H]2C3(CCCC3)CCC[C@]23CC#C[C@]2(C)C[C@@H](OC3=O)C3[C@](C)(C4CCCCC4)CC[C@H](O)[C@]3([C@@H]1O)[C@@]2(O)CCC1=CC(=O)OC1. The van der Waals surface area contributed by atoms with Gasteiger partial charge in [-0.25, -0.2) is 4.79 Å². The van der Waals surface area contributed by atoms with E-state index in [0.29, 0.717) is 38.5 Å². The fraction of sp³-hybridized carbons (Fsp3) is 0.741. The maximum atomic E-state index is 15.7. The largest absolute Gasteiger partial charge is 0.461 e. The number of carbonyl (C=O) groups is 2. The van der Waals surface area contributed by atoms with Crippen LogP contribution < -0.4 is 0 Å². The van der Waals surface area contributed by atoms with Crippen molar-refractivity contribution in [2.45, 2.75) is 186 Å². The normalized spacial score (nSPS) is 42.0. The van der Waals surface area contributed by atoms with E-state index in [4.69, 9.17) is 9.47 Å². The first kappa shape index (κ1) is 43.2. The molecular weight excluding hydrogens is 761 g/mol. The van der Waals surface area contributed by atoms with Crippen LogP contribution in [0.15, 0.2) is 42.0 Å². The molecule has 1 aromatic carbocycles. The molecule has 5 fully saturated rings. The predicted molar refractivity (Wildman–Crippen MR) is 235 cm³/mol. The minimum atomic E-state index is -1.74. The van der Waals surface area contributed by atoms with Gasteiger partial charge in [-0.2, -0.15) is 0 Å². The third-order valence-corrected chi connectivity index (χ3v) is 18.9. The molecule has 0 radical (unpaired) electrons. The molecule has 0 saturated heterocycles. The summed E-state index contributed by atoms with van der Waals surface area (Å²) in [7, 11) is 0. The van der Waals surface area contributed by atoms with Crippen molar-refractivity contribution in [2.75, 3.05) is 6.61 Å². The van der Waals surface area contributed by atoms with Crippen molar-refractivity contribution in [3.8, 4) is 23.7 Å². The molecule has 4 bridgehead atoms. The first-order valence-electron chi connectivity index (χ1n) is 24.5. The van der Waals surface area contributed by atoms with Gasteiger partial charge in [-0.15, -0.1) is 5.92 Å². The molecule has 61 heavy (non-hydrogen) atoms. The molecule has 3 aliphatic heterocycles. The van der Waals surface area contributed by atoms with Crippen molar-refractivity contribution in [3.05, 3.63) is 47.5 Å². The number of ether oxygens (including phenoxy) is 2. The van der Waals surface area contributed by atoms with Gasteiger partial charge in [0.25, 0.3) is 0 Å². The Morgan fingerprint density at radius 2 is 1.64 bits per heavy atom. The van der Waals surface area contributed by atoms with Crippen molar-refractivity contribution in [2.24, 2.45) is 56.7 Å². The summed E-state index contributed by atoms with van der Waals surface area (Å²) in [4.78, 5) is 28.1. The van der Waals surface area contributed by atoms with Crippen LogP contribution in [0, 0.1) is 80.3 Å². The van der Waals surface area contributed by atoms with Gasteiger partial charge in [0.05, 0.1) is 34.1 Å². The number of esters is 2.